The Balaban J connectivity index is 3.29. The van der Waals surface area contributed by atoms with Gasteiger partial charge in [0.05, 0.1) is 0 Å². The maximum atomic E-state index is 8.56. The Morgan fingerprint density at radius 2 is 2.43 bits per heavy atom. The highest BCUT2D eigenvalue weighted by Gasteiger charge is 1.88. The molecule has 0 fully saturated rings. The van der Waals surface area contributed by atoms with Crippen LogP contribution in [-0.2, 0) is 0 Å². The van der Waals surface area contributed by atoms with Gasteiger partial charge in [-0.05, 0) is 6.92 Å². The maximum Gasteiger partial charge on any atom is 0.126 e. The Kier molecular flexibility index (Phi) is 3.39. The highest BCUT2D eigenvalue weighted by atomic mass is 16.3. The van der Waals surface area contributed by atoms with Crippen LogP contribution in [0.4, 0.5) is 0 Å². The zero-order valence-electron chi connectivity index (χ0n) is 4.31. The van der Waals surface area contributed by atoms with Crippen LogP contribution in [0, 0.1) is 11.8 Å². The van der Waals surface area contributed by atoms with E-state index in [1.165, 1.54) is 0 Å². The van der Waals surface area contributed by atoms with E-state index in [0.29, 0.717) is 0 Å². The molecule has 0 aromatic rings. The summed E-state index contributed by atoms with van der Waals surface area (Å²) in [5, 5.41) is 8.56. The molecule has 0 aromatic carbocycles. The Hall–Kier alpha value is -0.520. The molecule has 0 radical (unpaired) electrons. The molecule has 1 atom stereocenters. The van der Waals surface area contributed by atoms with Crippen LogP contribution < -0.4 is 5.73 Å². The van der Waals surface area contributed by atoms with Crippen LogP contribution >= 0.6 is 0 Å². The lowest BCUT2D eigenvalue weighted by Gasteiger charge is -1.91. The van der Waals surface area contributed by atoms with Gasteiger partial charge in [-0.25, -0.2) is 0 Å². The van der Waals surface area contributed by atoms with Crippen molar-refractivity contribution < 1.29 is 5.11 Å². The molecule has 0 aromatic heterocycles. The zero-order chi connectivity index (χ0) is 5.70. The molecule has 0 heterocycles. The summed E-state index contributed by atoms with van der Waals surface area (Å²) >= 11 is 0. The van der Waals surface area contributed by atoms with E-state index in [1.807, 2.05) is 0 Å². The number of aliphatic hydroxyl groups excluding tert-OH is 1. The predicted octanol–water partition coefficient (Wildman–Crippen LogP) is -0.671. The van der Waals surface area contributed by atoms with Gasteiger partial charge in [-0.15, -0.1) is 5.92 Å². The van der Waals surface area contributed by atoms with Crippen LogP contribution in [0.3, 0.4) is 0 Å². The summed E-state index contributed by atoms with van der Waals surface area (Å²) in [6, 6.07) is 0. The first kappa shape index (κ1) is 6.48. The van der Waals surface area contributed by atoms with E-state index in [0.717, 1.165) is 0 Å². The molecule has 7 heavy (non-hydrogen) atoms. The summed E-state index contributed by atoms with van der Waals surface area (Å²) in [7, 11) is 0. The molecule has 0 bridgehead atoms. The van der Waals surface area contributed by atoms with Gasteiger partial charge in [-0.2, -0.15) is 0 Å². The van der Waals surface area contributed by atoms with Gasteiger partial charge in [0.1, 0.15) is 6.10 Å². The topological polar surface area (TPSA) is 46.2 Å². The quantitative estimate of drug-likeness (QED) is 0.428. The third kappa shape index (κ3) is 3.31. The van der Waals surface area contributed by atoms with Crippen LogP contribution in [0.25, 0.3) is 0 Å². The van der Waals surface area contributed by atoms with Gasteiger partial charge in [0, 0.05) is 6.54 Å². The Morgan fingerprint density at radius 1 is 1.86 bits per heavy atom. The minimum Gasteiger partial charge on any atom is -0.379 e. The van der Waals surface area contributed by atoms with Gasteiger partial charge in [-0.1, -0.05) is 5.92 Å². The zero-order valence-corrected chi connectivity index (χ0v) is 4.31. The minimum absolute atomic E-state index is 0.223. The molecule has 0 aliphatic heterocycles. The van der Waals surface area contributed by atoms with E-state index < -0.39 is 6.10 Å². The Bertz CT molecular complexity index is 90.0. The lowest BCUT2D eigenvalue weighted by molar-refractivity contribution is 0.241. The molecule has 0 aliphatic carbocycles. The smallest absolute Gasteiger partial charge is 0.126 e. The lowest BCUT2D eigenvalue weighted by Crippen LogP contribution is -2.16. The molecule has 0 aliphatic rings. The largest absolute Gasteiger partial charge is 0.379 e. The van der Waals surface area contributed by atoms with E-state index in [2.05, 4.69) is 11.8 Å². The van der Waals surface area contributed by atoms with Crippen molar-refractivity contribution in [3.8, 4) is 11.8 Å². The summed E-state index contributed by atoms with van der Waals surface area (Å²) < 4.78 is 0. The lowest BCUT2D eigenvalue weighted by atomic mass is 10.4. The molecule has 2 nitrogen and oxygen atoms in total. The first-order valence-corrected chi connectivity index (χ1v) is 2.11. The first-order chi connectivity index (χ1) is 3.31. The summed E-state index contributed by atoms with van der Waals surface area (Å²) in [5.74, 6) is 5.01. The van der Waals surface area contributed by atoms with Crippen molar-refractivity contribution in [2.75, 3.05) is 6.54 Å². The average Bonchev–Trinajstić information content (AvgIpc) is 1.68. The van der Waals surface area contributed by atoms with E-state index in [-0.39, 0.29) is 6.54 Å². The number of hydrogen-bond donors (Lipinski definition) is 2. The van der Waals surface area contributed by atoms with E-state index in [4.69, 9.17) is 10.8 Å². The molecule has 0 amide bonds. The van der Waals surface area contributed by atoms with E-state index in [1.54, 1.807) is 6.92 Å². The van der Waals surface area contributed by atoms with Crippen molar-refractivity contribution in [2.24, 2.45) is 5.73 Å². The fourth-order valence-corrected chi connectivity index (χ4v) is 0.226. The number of hydrogen-bond acceptors (Lipinski definition) is 2. The second kappa shape index (κ2) is 3.66. The summed E-state index contributed by atoms with van der Waals surface area (Å²) in [4.78, 5) is 0. The normalized spacial score (nSPS) is 11.9. The van der Waals surface area contributed by atoms with Crippen LogP contribution in [-0.4, -0.2) is 17.8 Å². The van der Waals surface area contributed by atoms with Gasteiger partial charge in [0.15, 0.2) is 0 Å². The monoisotopic (exact) mass is 99.1 g/mol. The van der Waals surface area contributed by atoms with Gasteiger partial charge in [0.2, 0.25) is 0 Å². The van der Waals surface area contributed by atoms with Crippen LogP contribution in [0.15, 0.2) is 0 Å². The van der Waals surface area contributed by atoms with Crippen LogP contribution in [0.5, 0.6) is 0 Å². The molecule has 0 saturated heterocycles. The molecule has 3 N–H and O–H groups in total. The number of nitrogens with two attached hydrogens (primary N) is 1. The molecule has 0 saturated carbocycles. The Labute approximate surface area is 43.3 Å². The Morgan fingerprint density at radius 3 is 2.57 bits per heavy atom. The SMILES string of the molecule is CC#CC(O)CN. The standard InChI is InChI=1S/C5H9NO/c1-2-3-5(7)4-6/h5,7H,4,6H2,1H3. The van der Waals surface area contributed by atoms with Crippen LogP contribution in [0.1, 0.15) is 6.92 Å². The summed E-state index contributed by atoms with van der Waals surface area (Å²) in [6.45, 7) is 1.89. The molecular weight excluding hydrogens is 90.1 g/mol. The van der Waals surface area contributed by atoms with Gasteiger partial charge >= 0.3 is 0 Å². The average molecular weight is 99.1 g/mol. The van der Waals surface area contributed by atoms with Crippen molar-refractivity contribution >= 4 is 0 Å². The maximum absolute atomic E-state index is 8.56. The third-order valence-electron chi connectivity index (χ3n) is 0.534. The van der Waals surface area contributed by atoms with Crippen molar-refractivity contribution in [2.45, 2.75) is 13.0 Å². The fourth-order valence-electron chi connectivity index (χ4n) is 0.226. The summed E-state index contributed by atoms with van der Waals surface area (Å²) in [6.07, 6.45) is -0.634. The van der Waals surface area contributed by atoms with Crippen LogP contribution in [0.2, 0.25) is 0 Å². The molecule has 2 heteroatoms. The highest BCUT2D eigenvalue weighted by molar-refractivity contribution is 5.01. The predicted molar refractivity (Wildman–Crippen MR) is 28.5 cm³/mol. The summed E-state index contributed by atoms with van der Waals surface area (Å²) in [5.41, 5.74) is 5.01. The molecule has 1 unspecified atom stereocenters. The van der Waals surface area contributed by atoms with E-state index >= 15 is 0 Å². The molecule has 40 valence electrons. The first-order valence-electron chi connectivity index (χ1n) is 2.11. The van der Waals surface area contributed by atoms with Gasteiger partial charge < -0.3 is 10.8 Å². The number of aliphatic hydroxyl groups is 1. The van der Waals surface area contributed by atoms with Crippen molar-refractivity contribution in [1.29, 1.82) is 0 Å². The molecule has 0 spiro atoms. The highest BCUT2D eigenvalue weighted by Crippen LogP contribution is 1.69. The van der Waals surface area contributed by atoms with Crippen molar-refractivity contribution in [3.05, 3.63) is 0 Å². The van der Waals surface area contributed by atoms with Crippen molar-refractivity contribution in [1.82, 2.24) is 0 Å². The number of rotatable bonds is 1. The van der Waals surface area contributed by atoms with Gasteiger partial charge in [0.25, 0.3) is 0 Å². The molecule has 0 rings (SSSR count). The third-order valence-corrected chi connectivity index (χ3v) is 0.534. The second-order valence-corrected chi connectivity index (χ2v) is 1.15. The molecular formula is C5H9NO. The van der Waals surface area contributed by atoms with Crippen molar-refractivity contribution in [3.63, 3.8) is 0 Å². The van der Waals surface area contributed by atoms with Gasteiger partial charge in [-0.3, -0.25) is 0 Å². The minimum atomic E-state index is -0.634. The fraction of sp³-hybridized carbons (Fsp3) is 0.600. The second-order valence-electron chi connectivity index (χ2n) is 1.15. The van der Waals surface area contributed by atoms with E-state index in [9.17, 15) is 0 Å².